The second-order valence-electron chi connectivity index (χ2n) is 9.30. The molecule has 0 aliphatic rings. The van der Waals surface area contributed by atoms with Gasteiger partial charge in [-0.1, -0.05) is 118 Å². The summed E-state index contributed by atoms with van der Waals surface area (Å²) < 4.78 is 5.61. The summed E-state index contributed by atoms with van der Waals surface area (Å²) in [6.07, 6.45) is 22.5. The molecule has 0 bridgehead atoms. The third-order valence-corrected chi connectivity index (χ3v) is 5.82. The van der Waals surface area contributed by atoms with E-state index in [1.807, 2.05) is 0 Å². The smallest absolute Gasteiger partial charge is 0.305 e. The third kappa shape index (κ3) is 20.2. The van der Waals surface area contributed by atoms with Gasteiger partial charge in [-0.25, -0.2) is 0 Å². The first-order valence-corrected chi connectivity index (χ1v) is 12.8. The molecule has 0 rings (SSSR count). The number of rotatable bonds is 21. The molecular weight excluding hydrogens is 344 g/mol. The highest BCUT2D eigenvalue weighted by atomic mass is 16.5. The average Bonchev–Trinajstić information content (AvgIpc) is 2.67. The monoisotopic (exact) mass is 396 g/mol. The SMILES string of the molecule is CCCCCCC(CCCC)COC(=O)CCCCCCCCCCC(C)C. The van der Waals surface area contributed by atoms with Gasteiger partial charge in [-0.2, -0.15) is 0 Å². The Kier molecular flexibility index (Phi) is 20.8. The maximum Gasteiger partial charge on any atom is 0.305 e. The van der Waals surface area contributed by atoms with Crippen LogP contribution in [0.25, 0.3) is 0 Å². The standard InChI is InChI=1S/C26H52O2/c1-5-7-9-17-21-25(20-8-6-2)23-28-26(27)22-18-15-13-11-10-12-14-16-19-24(3)4/h24-25H,5-23H2,1-4H3. The summed E-state index contributed by atoms with van der Waals surface area (Å²) in [5, 5.41) is 0. The van der Waals surface area contributed by atoms with Crippen LogP contribution < -0.4 is 0 Å². The lowest BCUT2D eigenvalue weighted by Gasteiger charge is -2.16. The lowest BCUT2D eigenvalue weighted by atomic mass is 9.96. The molecule has 1 atom stereocenters. The predicted molar refractivity (Wildman–Crippen MR) is 124 cm³/mol. The predicted octanol–water partition coefficient (Wildman–Crippen LogP) is 8.86. The Bertz CT molecular complexity index is 324. The Hall–Kier alpha value is -0.530. The number of carbonyl (C=O) groups is 1. The van der Waals surface area contributed by atoms with Gasteiger partial charge in [-0.3, -0.25) is 4.79 Å². The highest BCUT2D eigenvalue weighted by Gasteiger charge is 2.11. The van der Waals surface area contributed by atoms with Gasteiger partial charge >= 0.3 is 5.97 Å². The van der Waals surface area contributed by atoms with Gasteiger partial charge in [0.1, 0.15) is 0 Å². The van der Waals surface area contributed by atoms with Crippen molar-refractivity contribution in [3.05, 3.63) is 0 Å². The van der Waals surface area contributed by atoms with E-state index in [9.17, 15) is 4.79 Å². The van der Waals surface area contributed by atoms with E-state index >= 15 is 0 Å². The summed E-state index contributed by atoms with van der Waals surface area (Å²) in [7, 11) is 0. The second-order valence-corrected chi connectivity index (χ2v) is 9.30. The van der Waals surface area contributed by atoms with Crippen molar-refractivity contribution >= 4 is 5.97 Å². The van der Waals surface area contributed by atoms with Crippen molar-refractivity contribution < 1.29 is 9.53 Å². The van der Waals surface area contributed by atoms with Crippen LogP contribution in [0.4, 0.5) is 0 Å². The molecule has 28 heavy (non-hydrogen) atoms. The zero-order valence-corrected chi connectivity index (χ0v) is 19.9. The van der Waals surface area contributed by atoms with Crippen molar-refractivity contribution in [1.29, 1.82) is 0 Å². The molecule has 0 spiro atoms. The van der Waals surface area contributed by atoms with Gasteiger partial charge in [0.2, 0.25) is 0 Å². The van der Waals surface area contributed by atoms with Crippen molar-refractivity contribution in [3.8, 4) is 0 Å². The Morgan fingerprint density at radius 3 is 1.75 bits per heavy atom. The molecule has 0 fully saturated rings. The maximum atomic E-state index is 12.0. The van der Waals surface area contributed by atoms with Gasteiger partial charge in [0, 0.05) is 6.42 Å². The van der Waals surface area contributed by atoms with E-state index in [1.54, 1.807) is 0 Å². The minimum absolute atomic E-state index is 0.0312. The number of hydrogen-bond donors (Lipinski definition) is 0. The molecule has 1 unspecified atom stereocenters. The first-order chi connectivity index (χ1) is 13.6. The van der Waals surface area contributed by atoms with Crippen LogP contribution in [0, 0.1) is 11.8 Å². The largest absolute Gasteiger partial charge is 0.465 e. The average molecular weight is 397 g/mol. The van der Waals surface area contributed by atoms with Crippen LogP contribution in [-0.2, 0) is 9.53 Å². The minimum Gasteiger partial charge on any atom is -0.465 e. The summed E-state index contributed by atoms with van der Waals surface area (Å²) >= 11 is 0. The lowest BCUT2D eigenvalue weighted by Crippen LogP contribution is -2.14. The molecule has 0 aromatic rings. The molecular formula is C26H52O2. The summed E-state index contributed by atoms with van der Waals surface area (Å²) in [5.74, 6) is 1.46. The molecule has 0 aliphatic carbocycles. The van der Waals surface area contributed by atoms with Crippen LogP contribution in [0.3, 0.4) is 0 Å². The fourth-order valence-electron chi connectivity index (χ4n) is 3.83. The van der Waals surface area contributed by atoms with Crippen molar-refractivity contribution in [3.63, 3.8) is 0 Å². The first-order valence-electron chi connectivity index (χ1n) is 12.8. The van der Waals surface area contributed by atoms with E-state index in [4.69, 9.17) is 4.74 Å². The summed E-state index contributed by atoms with van der Waals surface area (Å²) in [5.41, 5.74) is 0. The molecule has 0 aromatic heterocycles. The van der Waals surface area contributed by atoms with Crippen LogP contribution in [0.5, 0.6) is 0 Å². The molecule has 2 nitrogen and oxygen atoms in total. The third-order valence-electron chi connectivity index (χ3n) is 5.82. The van der Waals surface area contributed by atoms with Crippen LogP contribution >= 0.6 is 0 Å². The van der Waals surface area contributed by atoms with Crippen LogP contribution in [-0.4, -0.2) is 12.6 Å². The molecule has 0 radical (unpaired) electrons. The van der Waals surface area contributed by atoms with Gasteiger partial charge in [0.25, 0.3) is 0 Å². The number of esters is 1. The number of unbranched alkanes of at least 4 members (excludes halogenated alkanes) is 11. The molecule has 0 amide bonds. The summed E-state index contributed by atoms with van der Waals surface area (Å²) in [4.78, 5) is 12.0. The van der Waals surface area contributed by atoms with E-state index in [-0.39, 0.29) is 5.97 Å². The van der Waals surface area contributed by atoms with Crippen molar-refractivity contribution in [2.24, 2.45) is 11.8 Å². The van der Waals surface area contributed by atoms with Crippen LogP contribution in [0.15, 0.2) is 0 Å². The van der Waals surface area contributed by atoms with Gasteiger partial charge in [-0.15, -0.1) is 0 Å². The first kappa shape index (κ1) is 27.5. The van der Waals surface area contributed by atoms with Crippen molar-refractivity contribution in [1.82, 2.24) is 0 Å². The summed E-state index contributed by atoms with van der Waals surface area (Å²) in [6.45, 7) is 9.77. The van der Waals surface area contributed by atoms with E-state index in [2.05, 4.69) is 27.7 Å². The fraction of sp³-hybridized carbons (Fsp3) is 0.962. The quantitative estimate of drug-likeness (QED) is 0.143. The Morgan fingerprint density at radius 2 is 1.14 bits per heavy atom. The zero-order valence-electron chi connectivity index (χ0n) is 19.9. The molecule has 2 heteroatoms. The Morgan fingerprint density at radius 1 is 0.643 bits per heavy atom. The highest BCUT2D eigenvalue weighted by molar-refractivity contribution is 5.69. The molecule has 0 N–H and O–H groups in total. The molecule has 0 aromatic carbocycles. The molecule has 0 saturated heterocycles. The maximum absolute atomic E-state index is 12.0. The van der Waals surface area contributed by atoms with Crippen LogP contribution in [0.1, 0.15) is 143 Å². The highest BCUT2D eigenvalue weighted by Crippen LogP contribution is 2.18. The van der Waals surface area contributed by atoms with Gasteiger partial charge in [0.15, 0.2) is 0 Å². The number of hydrogen-bond acceptors (Lipinski definition) is 2. The Labute approximate surface area is 177 Å². The fourth-order valence-corrected chi connectivity index (χ4v) is 3.83. The van der Waals surface area contributed by atoms with Crippen molar-refractivity contribution in [2.45, 2.75) is 143 Å². The molecule has 0 heterocycles. The topological polar surface area (TPSA) is 26.3 Å². The van der Waals surface area contributed by atoms with E-state index < -0.39 is 0 Å². The van der Waals surface area contributed by atoms with Crippen molar-refractivity contribution in [2.75, 3.05) is 6.61 Å². The number of ether oxygens (including phenoxy) is 1. The summed E-state index contributed by atoms with van der Waals surface area (Å²) in [6, 6.07) is 0. The van der Waals surface area contributed by atoms with E-state index in [1.165, 1.54) is 103 Å². The minimum atomic E-state index is 0.0312. The second kappa shape index (κ2) is 21.2. The van der Waals surface area contributed by atoms with Gasteiger partial charge in [0.05, 0.1) is 6.61 Å². The molecule has 168 valence electrons. The normalized spacial score (nSPS) is 12.5. The molecule has 0 aliphatic heterocycles. The van der Waals surface area contributed by atoms with E-state index in [0.29, 0.717) is 18.9 Å². The van der Waals surface area contributed by atoms with Gasteiger partial charge < -0.3 is 4.74 Å². The lowest BCUT2D eigenvalue weighted by molar-refractivity contribution is -0.145. The van der Waals surface area contributed by atoms with Gasteiger partial charge in [-0.05, 0) is 31.1 Å². The molecule has 0 saturated carbocycles. The number of carbonyl (C=O) groups excluding carboxylic acids is 1. The van der Waals surface area contributed by atoms with Crippen LogP contribution in [0.2, 0.25) is 0 Å². The Balaban J connectivity index is 3.60. The van der Waals surface area contributed by atoms with E-state index in [0.717, 1.165) is 12.3 Å². The zero-order chi connectivity index (χ0) is 20.9.